The summed E-state index contributed by atoms with van der Waals surface area (Å²) in [5, 5.41) is 11.4. The molecule has 8 heteroatoms. The van der Waals surface area contributed by atoms with Crippen LogP contribution in [0.1, 0.15) is 11.1 Å². The molecule has 0 aliphatic carbocycles. The Balaban J connectivity index is 1.40. The summed E-state index contributed by atoms with van der Waals surface area (Å²) in [5.41, 5.74) is 3.70. The predicted octanol–water partition coefficient (Wildman–Crippen LogP) is 4.41. The Bertz CT molecular complexity index is 1220. The highest BCUT2D eigenvalue weighted by Gasteiger charge is 2.13. The lowest BCUT2D eigenvalue weighted by Crippen LogP contribution is -2.36. The molecule has 5 rings (SSSR count). The summed E-state index contributed by atoms with van der Waals surface area (Å²) in [4.78, 5) is 6.67. The molecule has 0 amide bonds. The van der Waals surface area contributed by atoms with Gasteiger partial charge in [-0.3, -0.25) is 5.10 Å². The van der Waals surface area contributed by atoms with Crippen LogP contribution in [0.4, 0.5) is 26.0 Å². The number of fused-ring (bicyclic) bond motifs is 1. The molecule has 0 bridgehead atoms. The molecule has 2 aromatic heterocycles. The third-order valence-corrected chi connectivity index (χ3v) is 5.36. The van der Waals surface area contributed by atoms with Crippen molar-refractivity contribution in [2.24, 2.45) is 0 Å². The van der Waals surface area contributed by atoms with Gasteiger partial charge in [0.15, 0.2) is 11.5 Å². The Morgan fingerprint density at radius 1 is 1.06 bits per heavy atom. The second-order valence-electron chi connectivity index (χ2n) is 7.50. The number of rotatable bonds is 5. The van der Waals surface area contributed by atoms with Gasteiger partial charge in [-0.25, -0.2) is 13.8 Å². The van der Waals surface area contributed by atoms with Gasteiger partial charge in [-0.1, -0.05) is 6.07 Å². The maximum Gasteiger partial charge on any atom is 0.161 e. The number of morpholine rings is 1. The lowest BCUT2D eigenvalue weighted by atomic mass is 10.1. The Kier molecular flexibility index (Phi) is 5.21. The number of benzene rings is 2. The Morgan fingerprint density at radius 2 is 1.94 bits per heavy atom. The van der Waals surface area contributed by atoms with Crippen molar-refractivity contribution in [2.75, 3.05) is 36.5 Å². The van der Waals surface area contributed by atoms with Crippen LogP contribution in [-0.4, -0.2) is 41.5 Å². The third kappa shape index (κ3) is 4.20. The van der Waals surface area contributed by atoms with Gasteiger partial charge in [0.2, 0.25) is 0 Å². The van der Waals surface area contributed by atoms with Crippen molar-refractivity contribution in [2.45, 2.75) is 6.42 Å². The summed E-state index contributed by atoms with van der Waals surface area (Å²) >= 11 is 0. The molecule has 1 aliphatic heterocycles. The minimum absolute atomic E-state index is 0.240. The summed E-state index contributed by atoms with van der Waals surface area (Å²) in [6.45, 7) is 3.17. The fourth-order valence-corrected chi connectivity index (χ4v) is 3.78. The first-order valence-corrected chi connectivity index (χ1v) is 10.1. The van der Waals surface area contributed by atoms with Crippen molar-refractivity contribution in [1.82, 2.24) is 15.2 Å². The van der Waals surface area contributed by atoms with Crippen molar-refractivity contribution in [3.05, 3.63) is 77.5 Å². The average Bonchev–Trinajstić information content (AvgIpc) is 3.19. The zero-order valence-corrected chi connectivity index (χ0v) is 16.7. The maximum absolute atomic E-state index is 14.0. The summed E-state index contributed by atoms with van der Waals surface area (Å²) in [6, 6.07) is 13.5. The van der Waals surface area contributed by atoms with Crippen molar-refractivity contribution < 1.29 is 13.5 Å². The summed E-state index contributed by atoms with van der Waals surface area (Å²) in [7, 11) is 0. The van der Waals surface area contributed by atoms with Crippen LogP contribution in [0.5, 0.6) is 0 Å². The highest BCUT2D eigenvalue weighted by atomic mass is 19.1. The normalized spacial score (nSPS) is 14.2. The second-order valence-corrected chi connectivity index (χ2v) is 7.50. The molecule has 0 unspecified atom stereocenters. The predicted molar refractivity (Wildman–Crippen MR) is 116 cm³/mol. The highest BCUT2D eigenvalue weighted by Crippen LogP contribution is 2.27. The third-order valence-electron chi connectivity index (χ3n) is 5.36. The first-order valence-electron chi connectivity index (χ1n) is 10.1. The van der Waals surface area contributed by atoms with Gasteiger partial charge in [0, 0.05) is 37.1 Å². The fourth-order valence-electron chi connectivity index (χ4n) is 3.78. The molecule has 0 atom stereocenters. The lowest BCUT2D eigenvalue weighted by molar-refractivity contribution is 0.122. The summed E-state index contributed by atoms with van der Waals surface area (Å²) in [5.74, 6) is -0.272. The quantitative estimate of drug-likeness (QED) is 0.500. The molecular formula is C23H21F2N5O. The Labute approximate surface area is 177 Å². The van der Waals surface area contributed by atoms with E-state index in [-0.39, 0.29) is 12.0 Å². The minimum Gasteiger partial charge on any atom is -0.378 e. The van der Waals surface area contributed by atoms with Gasteiger partial charge in [-0.2, -0.15) is 5.10 Å². The van der Waals surface area contributed by atoms with Crippen LogP contribution in [0, 0.1) is 11.6 Å². The molecule has 0 spiro atoms. The molecule has 31 heavy (non-hydrogen) atoms. The van der Waals surface area contributed by atoms with E-state index in [1.165, 1.54) is 6.07 Å². The van der Waals surface area contributed by atoms with Crippen LogP contribution in [0.3, 0.4) is 0 Å². The number of nitrogens with zero attached hydrogens (tertiary/aromatic N) is 3. The molecule has 1 saturated heterocycles. The van der Waals surface area contributed by atoms with Gasteiger partial charge >= 0.3 is 0 Å². The van der Waals surface area contributed by atoms with Crippen molar-refractivity contribution in [1.29, 1.82) is 0 Å². The van der Waals surface area contributed by atoms with Crippen molar-refractivity contribution in [3.8, 4) is 0 Å². The van der Waals surface area contributed by atoms with Gasteiger partial charge < -0.3 is 15.0 Å². The number of pyridine rings is 1. The average molecular weight is 421 g/mol. The second kappa shape index (κ2) is 8.31. The number of hydrogen-bond donors (Lipinski definition) is 2. The molecule has 1 fully saturated rings. The lowest BCUT2D eigenvalue weighted by Gasteiger charge is -2.29. The molecule has 3 heterocycles. The number of anilines is 3. The molecule has 6 nitrogen and oxygen atoms in total. The number of H-pyrrole nitrogens is 1. The van der Waals surface area contributed by atoms with Crippen LogP contribution in [0.25, 0.3) is 11.0 Å². The molecule has 4 aromatic rings. The van der Waals surface area contributed by atoms with Crippen LogP contribution < -0.4 is 10.2 Å². The number of hydrogen-bond acceptors (Lipinski definition) is 5. The number of ether oxygens (including phenoxy) is 1. The van der Waals surface area contributed by atoms with Crippen molar-refractivity contribution >= 4 is 28.2 Å². The van der Waals surface area contributed by atoms with Crippen molar-refractivity contribution in [3.63, 3.8) is 0 Å². The summed E-state index contributed by atoms with van der Waals surface area (Å²) in [6.07, 6.45) is 1.89. The smallest absolute Gasteiger partial charge is 0.161 e. The van der Waals surface area contributed by atoms with Gasteiger partial charge in [-0.15, -0.1) is 0 Å². The molecule has 158 valence electrons. The topological polar surface area (TPSA) is 66.1 Å². The van der Waals surface area contributed by atoms with E-state index < -0.39 is 11.6 Å². The van der Waals surface area contributed by atoms with Crippen LogP contribution in [-0.2, 0) is 11.2 Å². The highest BCUT2D eigenvalue weighted by molar-refractivity contribution is 5.89. The van der Waals surface area contributed by atoms with Crippen LogP contribution in [0.2, 0.25) is 0 Å². The molecule has 2 N–H and O–H groups in total. The van der Waals surface area contributed by atoms with E-state index in [4.69, 9.17) is 4.74 Å². The Hall–Kier alpha value is -3.52. The standard InChI is InChI=1S/C23H21F2N5O/c24-17-4-5-21(25)16(12-17)10-15-11-20-22(26-14-15)28-29-23(20)27-18-2-1-3-19(13-18)30-6-8-31-9-7-30/h1-5,11-14H,6-10H2,(H2,26,27,28,29). The van der Waals surface area contributed by atoms with Gasteiger partial charge in [0.25, 0.3) is 0 Å². The fraction of sp³-hybridized carbons (Fsp3) is 0.217. The molecule has 1 aliphatic rings. The van der Waals surface area contributed by atoms with E-state index in [2.05, 4.69) is 37.5 Å². The van der Waals surface area contributed by atoms with E-state index in [1.54, 1.807) is 6.20 Å². The van der Waals surface area contributed by atoms with E-state index in [9.17, 15) is 8.78 Å². The molecule has 0 radical (unpaired) electrons. The number of halogens is 2. The monoisotopic (exact) mass is 421 g/mol. The van der Waals surface area contributed by atoms with Crippen LogP contribution in [0.15, 0.2) is 54.7 Å². The number of aromatic nitrogens is 3. The molecular weight excluding hydrogens is 400 g/mol. The number of nitrogens with one attached hydrogen (secondary N) is 2. The van der Waals surface area contributed by atoms with Gasteiger partial charge in [0.1, 0.15) is 11.6 Å². The molecule has 0 saturated carbocycles. The van der Waals surface area contributed by atoms with E-state index in [1.807, 2.05) is 18.2 Å². The first-order chi connectivity index (χ1) is 15.2. The maximum atomic E-state index is 14.0. The van der Waals surface area contributed by atoms with Crippen LogP contribution >= 0.6 is 0 Å². The SMILES string of the molecule is Fc1ccc(F)c(Cc2cnc3[nH]nc(Nc4cccc(N5CCOCC5)c4)c3c2)c1. The minimum atomic E-state index is -0.462. The summed E-state index contributed by atoms with van der Waals surface area (Å²) < 4.78 is 33.0. The largest absolute Gasteiger partial charge is 0.378 e. The van der Waals surface area contributed by atoms with Gasteiger partial charge in [0.05, 0.1) is 18.6 Å². The molecule has 2 aromatic carbocycles. The van der Waals surface area contributed by atoms with E-state index in [0.717, 1.165) is 60.8 Å². The first kappa shape index (κ1) is 19.4. The van der Waals surface area contributed by atoms with E-state index >= 15 is 0 Å². The zero-order valence-electron chi connectivity index (χ0n) is 16.7. The Morgan fingerprint density at radius 3 is 2.81 bits per heavy atom. The zero-order chi connectivity index (χ0) is 21.2. The number of aromatic amines is 1. The van der Waals surface area contributed by atoms with Gasteiger partial charge in [-0.05, 0) is 53.6 Å². The van der Waals surface area contributed by atoms with E-state index in [0.29, 0.717) is 11.5 Å².